The van der Waals surface area contributed by atoms with Crippen molar-refractivity contribution in [3.05, 3.63) is 29.5 Å². The van der Waals surface area contributed by atoms with E-state index < -0.39 is 0 Å². The molecule has 4 bridgehead atoms. The quantitative estimate of drug-likeness (QED) is 0.827. The number of nitrogens with zero attached hydrogens (tertiary/aromatic N) is 1. The molecule has 2 aromatic rings. The van der Waals surface area contributed by atoms with Crippen LogP contribution < -0.4 is 0 Å². The van der Waals surface area contributed by atoms with Gasteiger partial charge in [0.15, 0.2) is 0 Å². The zero-order valence-corrected chi connectivity index (χ0v) is 14.9. The maximum atomic E-state index is 9.93. The van der Waals surface area contributed by atoms with Gasteiger partial charge in [-0.15, -0.1) is 0 Å². The summed E-state index contributed by atoms with van der Waals surface area (Å²) in [7, 11) is 0. The predicted octanol–water partition coefficient (Wildman–Crippen LogP) is 4.68. The van der Waals surface area contributed by atoms with E-state index in [0.717, 1.165) is 29.9 Å². The molecule has 128 valence electrons. The monoisotopic (exact) mass is 325 g/mol. The van der Waals surface area contributed by atoms with Gasteiger partial charge >= 0.3 is 0 Å². The second-order valence-corrected chi connectivity index (χ2v) is 8.90. The van der Waals surface area contributed by atoms with Crippen LogP contribution in [-0.2, 0) is 6.42 Å². The lowest BCUT2D eigenvalue weighted by Crippen LogP contribution is -2.67. The summed E-state index contributed by atoms with van der Waals surface area (Å²) in [6, 6.07) is 5.56. The molecule has 0 spiro atoms. The predicted molar refractivity (Wildman–Crippen MR) is 95.4 cm³/mol. The number of fused-ring (bicyclic) bond motifs is 4. The Morgan fingerprint density at radius 3 is 2.92 bits per heavy atom. The third-order valence-corrected chi connectivity index (χ3v) is 7.47. The number of phenols is 1. The molecule has 0 radical (unpaired) electrons. The molecular weight excluding hydrogens is 298 g/mol. The highest BCUT2D eigenvalue weighted by Crippen LogP contribution is 2.62. The normalized spacial score (nSPS) is 40.5. The highest BCUT2D eigenvalue weighted by molar-refractivity contribution is 5.84. The van der Waals surface area contributed by atoms with E-state index in [2.05, 4.69) is 25.7 Å². The first-order chi connectivity index (χ1) is 11.4. The van der Waals surface area contributed by atoms with E-state index in [1.165, 1.54) is 37.1 Å². The zero-order chi connectivity index (χ0) is 16.7. The van der Waals surface area contributed by atoms with Crippen LogP contribution in [0.25, 0.3) is 11.0 Å². The first-order valence-electron chi connectivity index (χ1n) is 9.44. The van der Waals surface area contributed by atoms with Gasteiger partial charge in [-0.05, 0) is 55.7 Å². The minimum Gasteiger partial charge on any atom is -0.508 e. The van der Waals surface area contributed by atoms with Crippen LogP contribution in [0, 0.1) is 11.3 Å². The van der Waals surface area contributed by atoms with Crippen molar-refractivity contribution in [2.24, 2.45) is 11.3 Å². The van der Waals surface area contributed by atoms with Crippen molar-refractivity contribution in [3.8, 4) is 5.75 Å². The maximum Gasteiger partial charge on any atom is 0.134 e. The molecule has 6 rings (SSSR count). The molecule has 3 aliphatic heterocycles. The lowest BCUT2D eigenvalue weighted by molar-refractivity contribution is -0.127. The average Bonchev–Trinajstić information content (AvgIpc) is 2.87. The van der Waals surface area contributed by atoms with Crippen molar-refractivity contribution in [1.82, 2.24) is 4.90 Å². The van der Waals surface area contributed by atoms with Crippen LogP contribution in [0.5, 0.6) is 5.75 Å². The van der Waals surface area contributed by atoms with E-state index >= 15 is 0 Å². The Morgan fingerprint density at radius 2 is 2.12 bits per heavy atom. The van der Waals surface area contributed by atoms with Crippen molar-refractivity contribution >= 4 is 11.0 Å². The minimum atomic E-state index is 0.216. The maximum absolute atomic E-state index is 9.93. The van der Waals surface area contributed by atoms with Crippen molar-refractivity contribution in [2.75, 3.05) is 13.1 Å². The molecular formula is C21H27NO2. The number of piperidine rings is 2. The molecule has 1 saturated carbocycles. The average molecular weight is 325 g/mol. The van der Waals surface area contributed by atoms with Crippen molar-refractivity contribution < 1.29 is 9.52 Å². The number of rotatable bonds is 1. The lowest BCUT2D eigenvalue weighted by Gasteiger charge is -2.64. The van der Waals surface area contributed by atoms with Gasteiger partial charge in [0.05, 0.1) is 0 Å². The summed E-state index contributed by atoms with van der Waals surface area (Å²) in [6.07, 6.45) is 4.86. The Morgan fingerprint density at radius 1 is 1.29 bits per heavy atom. The van der Waals surface area contributed by atoms with E-state index in [-0.39, 0.29) is 5.54 Å². The summed E-state index contributed by atoms with van der Waals surface area (Å²) < 4.78 is 6.43. The molecule has 3 heteroatoms. The van der Waals surface area contributed by atoms with Crippen LogP contribution in [0.3, 0.4) is 0 Å². The molecule has 24 heavy (non-hydrogen) atoms. The first kappa shape index (κ1) is 14.8. The largest absolute Gasteiger partial charge is 0.508 e. The van der Waals surface area contributed by atoms with Gasteiger partial charge in [0, 0.05) is 35.5 Å². The fraction of sp³-hybridized carbons (Fsp3) is 0.619. The third kappa shape index (κ3) is 1.72. The van der Waals surface area contributed by atoms with E-state index in [9.17, 15) is 5.11 Å². The molecule has 5 unspecified atom stereocenters. The molecule has 4 aliphatic rings. The van der Waals surface area contributed by atoms with Crippen LogP contribution in [-0.4, -0.2) is 28.6 Å². The number of aromatic hydroxyl groups is 1. The molecule has 1 aromatic carbocycles. The van der Waals surface area contributed by atoms with Gasteiger partial charge in [-0.25, -0.2) is 0 Å². The Bertz CT molecular complexity index is 825. The summed E-state index contributed by atoms with van der Waals surface area (Å²) in [5.41, 5.74) is 2.91. The topological polar surface area (TPSA) is 36.6 Å². The van der Waals surface area contributed by atoms with E-state index in [4.69, 9.17) is 4.42 Å². The Hall–Kier alpha value is -1.48. The number of hydrogen-bond donors (Lipinski definition) is 1. The van der Waals surface area contributed by atoms with Crippen molar-refractivity contribution in [1.29, 1.82) is 0 Å². The zero-order valence-electron chi connectivity index (χ0n) is 14.9. The molecule has 2 saturated heterocycles. The highest BCUT2D eigenvalue weighted by Gasteiger charge is 2.61. The first-order valence-corrected chi connectivity index (χ1v) is 9.44. The van der Waals surface area contributed by atoms with Crippen LogP contribution in [0.1, 0.15) is 57.3 Å². The number of benzene rings is 1. The van der Waals surface area contributed by atoms with E-state index in [1.807, 2.05) is 12.1 Å². The minimum absolute atomic E-state index is 0.216. The molecule has 5 atom stereocenters. The van der Waals surface area contributed by atoms with Crippen LogP contribution >= 0.6 is 0 Å². The second-order valence-electron chi connectivity index (χ2n) is 8.90. The summed E-state index contributed by atoms with van der Waals surface area (Å²) in [6.45, 7) is 9.66. The van der Waals surface area contributed by atoms with Gasteiger partial charge in [-0.1, -0.05) is 20.3 Å². The van der Waals surface area contributed by atoms with E-state index in [0.29, 0.717) is 17.1 Å². The SMILES string of the molecule is CCC1CC2(C)CC3c4oc5ccc(O)cc5c4CCN(C2)C13C. The summed E-state index contributed by atoms with van der Waals surface area (Å²) in [5.74, 6) is 2.76. The van der Waals surface area contributed by atoms with Gasteiger partial charge in [-0.3, -0.25) is 4.90 Å². The fourth-order valence-electron chi connectivity index (χ4n) is 6.28. The van der Waals surface area contributed by atoms with Crippen molar-refractivity contribution in [2.45, 2.75) is 57.9 Å². The molecule has 0 amide bonds. The number of hydrogen-bond acceptors (Lipinski definition) is 3. The molecule has 1 aromatic heterocycles. The molecule has 3 nitrogen and oxygen atoms in total. The van der Waals surface area contributed by atoms with Crippen LogP contribution in [0.15, 0.2) is 22.6 Å². The molecule has 3 fully saturated rings. The fourth-order valence-corrected chi connectivity index (χ4v) is 6.28. The summed E-state index contributed by atoms with van der Waals surface area (Å²) >= 11 is 0. The second kappa shape index (κ2) is 4.57. The van der Waals surface area contributed by atoms with Crippen LogP contribution in [0.4, 0.5) is 0 Å². The highest BCUT2D eigenvalue weighted by atomic mass is 16.3. The lowest BCUT2D eigenvalue weighted by atomic mass is 9.52. The van der Waals surface area contributed by atoms with Crippen LogP contribution in [0.2, 0.25) is 0 Å². The summed E-state index contributed by atoms with van der Waals surface area (Å²) in [5, 5.41) is 11.1. The van der Waals surface area contributed by atoms with Gasteiger partial charge < -0.3 is 9.52 Å². The standard InChI is InChI=1S/C21H27NO2/c1-4-13-10-20(2)11-17-19-15(7-8-22(12-20)21(13,17)3)16-9-14(23)5-6-18(16)24-19/h5-6,9,13,17,23H,4,7-8,10-12H2,1-3H3. The Labute approximate surface area is 143 Å². The molecule has 1 N–H and O–H groups in total. The third-order valence-electron chi connectivity index (χ3n) is 7.47. The van der Waals surface area contributed by atoms with Gasteiger partial charge in [0.1, 0.15) is 17.1 Å². The number of phenolic OH excluding ortho intramolecular Hbond substituents is 1. The van der Waals surface area contributed by atoms with Crippen molar-refractivity contribution in [3.63, 3.8) is 0 Å². The van der Waals surface area contributed by atoms with Gasteiger partial charge in [0.2, 0.25) is 0 Å². The van der Waals surface area contributed by atoms with Gasteiger partial charge in [-0.2, -0.15) is 0 Å². The molecule has 4 heterocycles. The Balaban J connectivity index is 1.75. The number of furan rings is 1. The Kier molecular flexibility index (Phi) is 2.82. The van der Waals surface area contributed by atoms with Gasteiger partial charge in [0.25, 0.3) is 0 Å². The molecule has 1 aliphatic carbocycles. The summed E-state index contributed by atoms with van der Waals surface area (Å²) in [4.78, 5) is 2.77. The smallest absolute Gasteiger partial charge is 0.134 e. The van der Waals surface area contributed by atoms with E-state index in [1.54, 1.807) is 6.07 Å².